The van der Waals surface area contributed by atoms with Crippen molar-refractivity contribution < 1.29 is 23.9 Å². The first-order chi connectivity index (χ1) is 14.8. The molecule has 0 radical (unpaired) electrons. The predicted molar refractivity (Wildman–Crippen MR) is 122 cm³/mol. The number of amides is 2. The Morgan fingerprint density at radius 1 is 1.19 bits per heavy atom. The second kappa shape index (κ2) is 10.1. The van der Waals surface area contributed by atoms with E-state index in [0.29, 0.717) is 22.7 Å². The van der Waals surface area contributed by atoms with Crippen LogP contribution < -0.4 is 20.6 Å². The van der Waals surface area contributed by atoms with Gasteiger partial charge in [-0.1, -0.05) is 20.8 Å². The van der Waals surface area contributed by atoms with Gasteiger partial charge in [0.25, 0.3) is 5.91 Å². The van der Waals surface area contributed by atoms with Crippen molar-refractivity contribution in [2.75, 3.05) is 12.4 Å². The molecule has 174 valence electrons. The zero-order valence-corrected chi connectivity index (χ0v) is 20.0. The van der Waals surface area contributed by atoms with E-state index in [2.05, 4.69) is 10.3 Å². The molecule has 0 saturated carbocycles. The molecule has 1 heterocycles. The van der Waals surface area contributed by atoms with E-state index in [4.69, 9.17) is 15.2 Å². The number of aromatic nitrogens is 1. The topological polar surface area (TPSA) is 125 Å². The highest BCUT2D eigenvalue weighted by atomic mass is 32.1. The van der Waals surface area contributed by atoms with E-state index >= 15 is 0 Å². The van der Waals surface area contributed by atoms with Gasteiger partial charge in [-0.3, -0.25) is 19.0 Å². The van der Waals surface area contributed by atoms with E-state index < -0.39 is 17.4 Å². The van der Waals surface area contributed by atoms with Crippen LogP contribution >= 0.6 is 11.3 Å². The molecule has 2 rings (SSSR count). The summed E-state index contributed by atoms with van der Waals surface area (Å²) in [5, 5.41) is 4.54. The van der Waals surface area contributed by atoms with Crippen LogP contribution in [0.25, 0.3) is 0 Å². The maximum atomic E-state index is 12.7. The number of rotatable bonds is 7. The highest BCUT2D eigenvalue weighted by molar-refractivity contribution is 7.07. The summed E-state index contributed by atoms with van der Waals surface area (Å²) < 4.78 is 12.1. The summed E-state index contributed by atoms with van der Waals surface area (Å²) in [7, 11) is 1.46. The summed E-state index contributed by atoms with van der Waals surface area (Å²) in [6, 6.07) is 4.69. The zero-order valence-electron chi connectivity index (χ0n) is 19.2. The summed E-state index contributed by atoms with van der Waals surface area (Å²) in [5.74, 6) is -0.860. The van der Waals surface area contributed by atoms with Crippen LogP contribution in [0.1, 0.15) is 51.4 Å². The van der Waals surface area contributed by atoms with E-state index in [0.717, 1.165) is 0 Å². The molecule has 10 heteroatoms. The van der Waals surface area contributed by atoms with Crippen LogP contribution in [0.3, 0.4) is 0 Å². The van der Waals surface area contributed by atoms with Gasteiger partial charge in [0.05, 0.1) is 12.8 Å². The molecule has 32 heavy (non-hydrogen) atoms. The molecule has 0 fully saturated rings. The number of ether oxygens (including phenoxy) is 2. The molecular weight excluding hydrogens is 432 g/mol. The zero-order chi connectivity index (χ0) is 24.1. The fourth-order valence-electron chi connectivity index (χ4n) is 2.55. The summed E-state index contributed by atoms with van der Waals surface area (Å²) in [5.41, 5.74) is 5.20. The number of carbonyl (C=O) groups excluding carboxylic acids is 3. The Bertz CT molecular complexity index is 1060. The van der Waals surface area contributed by atoms with Gasteiger partial charge in [-0.05, 0) is 37.5 Å². The second-order valence-electron chi connectivity index (χ2n) is 9.06. The first-order valence-corrected chi connectivity index (χ1v) is 10.8. The molecule has 0 aliphatic rings. The van der Waals surface area contributed by atoms with Gasteiger partial charge >= 0.3 is 5.97 Å². The largest absolute Gasteiger partial charge is 0.495 e. The number of nitrogens with one attached hydrogen (secondary N) is 1. The van der Waals surface area contributed by atoms with Gasteiger partial charge in [0.1, 0.15) is 11.3 Å². The molecule has 1 aromatic heterocycles. The minimum atomic E-state index is -1.12. The van der Waals surface area contributed by atoms with E-state index in [9.17, 15) is 14.4 Å². The number of hydrogen-bond donors (Lipinski definition) is 2. The minimum absolute atomic E-state index is 0.114. The van der Waals surface area contributed by atoms with Gasteiger partial charge in [0.15, 0.2) is 11.5 Å². The van der Waals surface area contributed by atoms with Crippen LogP contribution in [0.15, 0.2) is 34.8 Å². The predicted octanol–water partition coefficient (Wildman–Crippen LogP) is 2.91. The molecule has 0 unspecified atom stereocenters. The van der Waals surface area contributed by atoms with Gasteiger partial charge in [-0.2, -0.15) is 4.99 Å². The maximum Gasteiger partial charge on any atom is 0.327 e. The van der Waals surface area contributed by atoms with Crippen LogP contribution in [0, 0.1) is 5.41 Å². The Kier molecular flexibility index (Phi) is 7.97. The van der Waals surface area contributed by atoms with Crippen LogP contribution in [0.5, 0.6) is 5.75 Å². The summed E-state index contributed by atoms with van der Waals surface area (Å²) in [4.78, 5) is 41.3. The number of anilines is 1. The standard InChI is InChI=1S/C22H30N4O5S/c1-21(2,3)12-17(27)24-15-8-7-14(11-16(15)30-6)18(28)25-20-26(9-10-32-20)13-31-19(29)22(4,5)23/h7-11H,12-13,23H2,1-6H3,(H,24,27). The Balaban J connectivity index is 2.19. The van der Waals surface area contributed by atoms with Gasteiger partial charge in [0, 0.05) is 23.6 Å². The number of hydrogen-bond acceptors (Lipinski definition) is 7. The number of carbonyl (C=O) groups is 3. The lowest BCUT2D eigenvalue weighted by atomic mass is 9.92. The van der Waals surface area contributed by atoms with Crippen LogP contribution in [0.4, 0.5) is 5.69 Å². The van der Waals surface area contributed by atoms with E-state index in [-0.39, 0.29) is 23.6 Å². The molecule has 0 spiro atoms. The van der Waals surface area contributed by atoms with Crippen LogP contribution in [-0.2, 0) is 21.1 Å². The number of methoxy groups -OCH3 is 1. The Morgan fingerprint density at radius 2 is 1.88 bits per heavy atom. The lowest BCUT2D eigenvalue weighted by Gasteiger charge is -2.18. The van der Waals surface area contributed by atoms with Crippen molar-refractivity contribution in [3.63, 3.8) is 0 Å². The summed E-state index contributed by atoms with van der Waals surface area (Å²) in [6.07, 6.45) is 2.00. The lowest BCUT2D eigenvalue weighted by molar-refractivity contribution is -0.152. The molecule has 0 saturated heterocycles. The molecule has 9 nitrogen and oxygen atoms in total. The van der Waals surface area contributed by atoms with Crippen molar-refractivity contribution in [3.8, 4) is 5.75 Å². The quantitative estimate of drug-likeness (QED) is 0.610. The first-order valence-electron chi connectivity index (χ1n) is 9.97. The van der Waals surface area contributed by atoms with Crippen molar-refractivity contribution in [3.05, 3.63) is 40.1 Å². The number of thiazole rings is 1. The van der Waals surface area contributed by atoms with Gasteiger partial charge in [-0.15, -0.1) is 11.3 Å². The minimum Gasteiger partial charge on any atom is -0.495 e. The third-order valence-electron chi connectivity index (χ3n) is 4.13. The van der Waals surface area contributed by atoms with Crippen LogP contribution in [0.2, 0.25) is 0 Å². The average molecular weight is 463 g/mol. The maximum absolute atomic E-state index is 12.7. The number of esters is 1. The molecule has 1 aromatic carbocycles. The smallest absolute Gasteiger partial charge is 0.327 e. The van der Waals surface area contributed by atoms with E-state index in [1.165, 1.54) is 29.1 Å². The summed E-state index contributed by atoms with van der Waals surface area (Å²) in [6.45, 7) is 8.90. The first kappa shape index (κ1) is 25.3. The third-order valence-corrected chi connectivity index (χ3v) is 4.93. The number of nitrogens with two attached hydrogens (primary N) is 1. The molecule has 0 aliphatic carbocycles. The van der Waals surface area contributed by atoms with E-state index in [1.807, 2.05) is 20.8 Å². The number of benzene rings is 1. The normalized spacial score (nSPS) is 12.4. The third kappa shape index (κ3) is 7.31. The van der Waals surface area contributed by atoms with Crippen LogP contribution in [-0.4, -0.2) is 35.0 Å². The molecule has 0 aliphatic heterocycles. The molecule has 2 aromatic rings. The SMILES string of the molecule is COc1cc(C(=O)N=c2sccn2COC(=O)C(C)(C)N)ccc1NC(=O)CC(C)(C)C. The molecule has 3 N–H and O–H groups in total. The monoisotopic (exact) mass is 462 g/mol. The molecule has 0 bridgehead atoms. The Morgan fingerprint density at radius 3 is 2.47 bits per heavy atom. The van der Waals surface area contributed by atoms with Gasteiger partial charge < -0.3 is 20.5 Å². The second-order valence-corrected chi connectivity index (χ2v) is 9.93. The molecular formula is C22H30N4O5S. The van der Waals surface area contributed by atoms with Crippen molar-refractivity contribution >= 4 is 34.8 Å². The number of nitrogens with zero attached hydrogens (tertiary/aromatic N) is 2. The average Bonchev–Trinajstić information content (AvgIpc) is 3.10. The van der Waals surface area contributed by atoms with Gasteiger partial charge in [0.2, 0.25) is 5.91 Å². The van der Waals surface area contributed by atoms with Crippen molar-refractivity contribution in [2.24, 2.45) is 16.1 Å². The highest BCUT2D eigenvalue weighted by Crippen LogP contribution is 2.27. The van der Waals surface area contributed by atoms with Crippen molar-refractivity contribution in [1.82, 2.24) is 4.57 Å². The highest BCUT2D eigenvalue weighted by Gasteiger charge is 2.24. The van der Waals surface area contributed by atoms with Gasteiger partial charge in [-0.25, -0.2) is 0 Å². The fraction of sp³-hybridized carbons (Fsp3) is 0.455. The Labute approximate surface area is 191 Å². The van der Waals surface area contributed by atoms with Crippen molar-refractivity contribution in [2.45, 2.75) is 53.3 Å². The molecule has 2 amide bonds. The van der Waals surface area contributed by atoms with Crippen molar-refractivity contribution in [1.29, 1.82) is 0 Å². The molecule has 0 atom stereocenters. The Hall–Kier alpha value is -2.98. The summed E-state index contributed by atoms with van der Waals surface area (Å²) >= 11 is 1.22. The fourth-order valence-corrected chi connectivity index (χ4v) is 3.27. The van der Waals surface area contributed by atoms with E-state index in [1.54, 1.807) is 37.6 Å². The lowest BCUT2D eigenvalue weighted by Crippen LogP contribution is -2.43.